The molecule has 2 aromatic rings. The summed E-state index contributed by atoms with van der Waals surface area (Å²) in [5, 5.41) is 16.6. The number of hydrogen-bond acceptors (Lipinski definition) is 8. The van der Waals surface area contributed by atoms with Crippen LogP contribution in [0.25, 0.3) is 11.4 Å². The number of nitrogens with zero attached hydrogens (tertiary/aromatic N) is 4. The second kappa shape index (κ2) is 11.5. The normalized spacial score (nSPS) is 23.8. The summed E-state index contributed by atoms with van der Waals surface area (Å²) in [6.07, 6.45) is 10.8. The maximum absolute atomic E-state index is 12.1. The summed E-state index contributed by atoms with van der Waals surface area (Å²) in [6, 6.07) is 4.03. The first-order chi connectivity index (χ1) is 18.7. The Morgan fingerprint density at radius 1 is 1.18 bits per heavy atom. The van der Waals surface area contributed by atoms with Crippen molar-refractivity contribution in [1.29, 1.82) is 0 Å². The molecule has 10 nitrogen and oxygen atoms in total. The van der Waals surface area contributed by atoms with Crippen LogP contribution in [-0.2, 0) is 9.53 Å². The summed E-state index contributed by atoms with van der Waals surface area (Å²) in [4.78, 5) is 35.0. The number of nitrogens with one attached hydrogen (secondary N) is 1. The van der Waals surface area contributed by atoms with E-state index < -0.39 is 11.6 Å². The molecule has 2 saturated carbocycles. The number of carboxylic acids is 1. The molecular weight excluding hydrogens is 498 g/mol. The van der Waals surface area contributed by atoms with E-state index in [4.69, 9.17) is 9.26 Å². The molecule has 3 atom stereocenters. The minimum absolute atomic E-state index is 0.00937. The van der Waals surface area contributed by atoms with Crippen LogP contribution < -0.4 is 10.2 Å². The maximum Gasteiger partial charge on any atom is 0.407 e. The lowest BCUT2D eigenvalue weighted by atomic mass is 9.84. The van der Waals surface area contributed by atoms with Gasteiger partial charge in [0.25, 0.3) is 0 Å². The summed E-state index contributed by atoms with van der Waals surface area (Å²) in [5.41, 5.74) is 0.232. The molecule has 39 heavy (non-hydrogen) atoms. The zero-order valence-corrected chi connectivity index (χ0v) is 23.3. The summed E-state index contributed by atoms with van der Waals surface area (Å²) in [7, 11) is 0. The Morgan fingerprint density at radius 3 is 2.56 bits per heavy atom. The Bertz CT molecular complexity index is 1130. The van der Waals surface area contributed by atoms with Gasteiger partial charge in [-0.3, -0.25) is 4.79 Å². The van der Waals surface area contributed by atoms with Crippen molar-refractivity contribution in [3.8, 4) is 11.4 Å². The number of amides is 1. The van der Waals surface area contributed by atoms with E-state index in [1.165, 1.54) is 32.1 Å². The van der Waals surface area contributed by atoms with E-state index in [-0.39, 0.29) is 24.5 Å². The summed E-state index contributed by atoms with van der Waals surface area (Å²) >= 11 is 0. The molecule has 3 aliphatic rings. The SMILES string of the molecule is CC(C)(C)OC(=O)NC1C2CN(c3ccc(-c4noc(C(CCCC5CCCCC5)CC(=O)O)n4)cn3)CC21. The summed E-state index contributed by atoms with van der Waals surface area (Å²) < 4.78 is 10.9. The van der Waals surface area contributed by atoms with Crippen molar-refractivity contribution < 1.29 is 24.0 Å². The fourth-order valence-corrected chi connectivity index (χ4v) is 6.25. The van der Waals surface area contributed by atoms with Gasteiger partial charge in [0.2, 0.25) is 11.7 Å². The zero-order valence-electron chi connectivity index (χ0n) is 23.3. The number of alkyl carbamates (subject to hydrolysis) is 1. The molecule has 2 aromatic heterocycles. The van der Waals surface area contributed by atoms with Gasteiger partial charge in [-0.1, -0.05) is 50.1 Å². The molecule has 3 unspecified atom stereocenters. The molecule has 1 amide bonds. The predicted molar refractivity (Wildman–Crippen MR) is 145 cm³/mol. The highest BCUT2D eigenvalue weighted by molar-refractivity contribution is 5.69. The molecule has 5 rings (SSSR count). The average Bonchev–Trinajstić information content (AvgIpc) is 3.25. The van der Waals surface area contributed by atoms with Gasteiger partial charge in [0, 0.05) is 48.6 Å². The highest BCUT2D eigenvalue weighted by Gasteiger charge is 2.57. The maximum atomic E-state index is 12.1. The molecule has 212 valence electrons. The van der Waals surface area contributed by atoms with Gasteiger partial charge in [-0.25, -0.2) is 9.78 Å². The van der Waals surface area contributed by atoms with Crippen molar-refractivity contribution in [3.63, 3.8) is 0 Å². The number of carboxylic acid groups (broad SMARTS) is 1. The lowest BCUT2D eigenvalue weighted by Crippen LogP contribution is -2.38. The molecule has 1 aliphatic heterocycles. The minimum Gasteiger partial charge on any atom is -0.481 e. The van der Waals surface area contributed by atoms with Crippen molar-refractivity contribution in [2.45, 2.75) is 96.1 Å². The van der Waals surface area contributed by atoms with E-state index in [0.29, 0.717) is 23.6 Å². The Balaban J connectivity index is 1.13. The van der Waals surface area contributed by atoms with Crippen LogP contribution in [0.5, 0.6) is 0 Å². The van der Waals surface area contributed by atoms with Crippen LogP contribution >= 0.6 is 0 Å². The Morgan fingerprint density at radius 2 is 1.92 bits per heavy atom. The second-order valence-corrected chi connectivity index (χ2v) is 12.5. The van der Waals surface area contributed by atoms with E-state index in [2.05, 4.69) is 25.3 Å². The third-order valence-corrected chi connectivity index (χ3v) is 8.31. The number of carbonyl (C=O) groups excluding carboxylic acids is 1. The van der Waals surface area contributed by atoms with E-state index in [1.54, 1.807) is 6.20 Å². The van der Waals surface area contributed by atoms with Crippen LogP contribution in [0.15, 0.2) is 22.9 Å². The largest absolute Gasteiger partial charge is 0.481 e. The number of carbonyl (C=O) groups is 2. The molecule has 2 N–H and O–H groups in total. The molecule has 2 aliphatic carbocycles. The quantitative estimate of drug-likeness (QED) is 0.407. The summed E-state index contributed by atoms with van der Waals surface area (Å²) in [5.74, 6) is 2.14. The minimum atomic E-state index is -0.851. The number of ether oxygens (including phenoxy) is 1. The number of rotatable bonds is 10. The van der Waals surface area contributed by atoms with Crippen molar-refractivity contribution in [2.75, 3.05) is 18.0 Å². The molecule has 3 fully saturated rings. The van der Waals surface area contributed by atoms with Crippen LogP contribution in [0.2, 0.25) is 0 Å². The third-order valence-electron chi connectivity index (χ3n) is 8.31. The lowest BCUT2D eigenvalue weighted by molar-refractivity contribution is -0.137. The highest BCUT2D eigenvalue weighted by Crippen LogP contribution is 2.46. The van der Waals surface area contributed by atoms with Gasteiger partial charge >= 0.3 is 12.1 Å². The van der Waals surface area contributed by atoms with Gasteiger partial charge < -0.3 is 24.6 Å². The monoisotopic (exact) mass is 539 g/mol. The number of pyridine rings is 1. The topological polar surface area (TPSA) is 131 Å². The van der Waals surface area contributed by atoms with Gasteiger partial charge in [-0.2, -0.15) is 4.98 Å². The van der Waals surface area contributed by atoms with Crippen molar-refractivity contribution in [2.24, 2.45) is 17.8 Å². The number of aliphatic carboxylic acids is 1. The Hall–Kier alpha value is -3.17. The van der Waals surface area contributed by atoms with Gasteiger partial charge in [0.1, 0.15) is 11.4 Å². The molecule has 10 heteroatoms. The first kappa shape index (κ1) is 27.4. The number of piperidine rings is 1. The fourth-order valence-electron chi connectivity index (χ4n) is 6.25. The van der Waals surface area contributed by atoms with Crippen LogP contribution in [0.1, 0.15) is 90.4 Å². The van der Waals surface area contributed by atoms with Crippen molar-refractivity contribution in [1.82, 2.24) is 20.4 Å². The standard InChI is InChI=1S/C29H41N5O5/c1-29(2,3)38-28(37)31-25-21-16-34(17-22(21)25)23-13-12-20(15-30-23)26-32-27(39-33-26)19(14-24(35)36)11-7-10-18-8-5-4-6-9-18/h12-13,15,18-19,21-22,25H,4-11,14,16-17H2,1-3H3,(H,31,37)(H,35,36). The fraction of sp³-hybridized carbons (Fsp3) is 0.690. The summed E-state index contributed by atoms with van der Waals surface area (Å²) in [6.45, 7) is 7.25. The lowest BCUT2D eigenvalue weighted by Gasteiger charge is -2.23. The number of fused-ring (bicyclic) bond motifs is 1. The molecular formula is C29H41N5O5. The Labute approximate surface area is 229 Å². The molecule has 1 saturated heterocycles. The van der Waals surface area contributed by atoms with Gasteiger partial charge in [0.05, 0.1) is 6.42 Å². The van der Waals surface area contributed by atoms with Gasteiger partial charge in [0.15, 0.2) is 0 Å². The first-order valence-corrected chi connectivity index (χ1v) is 14.4. The number of aromatic nitrogens is 3. The van der Waals surface area contributed by atoms with Crippen LogP contribution in [0, 0.1) is 17.8 Å². The zero-order chi connectivity index (χ0) is 27.6. The van der Waals surface area contributed by atoms with E-state index in [0.717, 1.165) is 49.7 Å². The number of hydrogen-bond donors (Lipinski definition) is 2. The smallest absolute Gasteiger partial charge is 0.407 e. The molecule has 0 spiro atoms. The highest BCUT2D eigenvalue weighted by atomic mass is 16.6. The van der Waals surface area contributed by atoms with Crippen LogP contribution in [0.3, 0.4) is 0 Å². The third kappa shape index (κ3) is 7.08. The molecule has 3 heterocycles. The van der Waals surface area contributed by atoms with Crippen LogP contribution in [-0.4, -0.2) is 57.0 Å². The van der Waals surface area contributed by atoms with Gasteiger partial charge in [-0.15, -0.1) is 0 Å². The molecule has 0 radical (unpaired) electrons. The van der Waals surface area contributed by atoms with Gasteiger partial charge in [-0.05, 0) is 45.2 Å². The van der Waals surface area contributed by atoms with Crippen molar-refractivity contribution in [3.05, 3.63) is 24.2 Å². The average molecular weight is 540 g/mol. The molecule has 0 aromatic carbocycles. The van der Waals surface area contributed by atoms with Crippen LogP contribution in [0.4, 0.5) is 10.6 Å². The van der Waals surface area contributed by atoms with E-state index >= 15 is 0 Å². The second-order valence-electron chi connectivity index (χ2n) is 12.5. The predicted octanol–water partition coefficient (Wildman–Crippen LogP) is 5.40. The number of anilines is 1. The molecule has 0 bridgehead atoms. The Kier molecular flexibility index (Phi) is 8.09. The van der Waals surface area contributed by atoms with E-state index in [1.807, 2.05) is 32.9 Å². The van der Waals surface area contributed by atoms with Crippen molar-refractivity contribution >= 4 is 17.9 Å². The van der Waals surface area contributed by atoms with E-state index in [9.17, 15) is 14.7 Å². The first-order valence-electron chi connectivity index (χ1n) is 14.4.